The van der Waals surface area contributed by atoms with Crippen molar-refractivity contribution in [2.45, 2.75) is 31.9 Å². The average Bonchev–Trinajstić information content (AvgIpc) is 2.93. The highest BCUT2D eigenvalue weighted by atomic mass is 35.5. The molecule has 1 amide bonds. The highest BCUT2D eigenvalue weighted by molar-refractivity contribution is 6.31. The van der Waals surface area contributed by atoms with E-state index in [4.69, 9.17) is 16.3 Å². The number of carbonyl (C=O) groups excluding carboxylic acids is 1. The van der Waals surface area contributed by atoms with Gasteiger partial charge in [0.15, 0.2) is 6.04 Å². The van der Waals surface area contributed by atoms with Crippen LogP contribution in [0.4, 0.5) is 0 Å². The number of aliphatic carboxylic acids is 1. The van der Waals surface area contributed by atoms with Crippen molar-refractivity contribution in [3.05, 3.63) is 34.9 Å². The molecule has 0 spiro atoms. The molecule has 5 nitrogen and oxygen atoms in total. The summed E-state index contributed by atoms with van der Waals surface area (Å²) in [5.74, 6) is -1.74. The van der Waals surface area contributed by atoms with Crippen molar-refractivity contribution in [2.24, 2.45) is 5.92 Å². The molecule has 1 saturated heterocycles. The molecule has 2 unspecified atom stereocenters. The van der Waals surface area contributed by atoms with Gasteiger partial charge in [-0.1, -0.05) is 36.7 Å². The van der Waals surface area contributed by atoms with Crippen LogP contribution in [0.1, 0.15) is 31.4 Å². The smallest absolute Gasteiger partial charge is 0.330 e. The molecule has 1 heterocycles. The molecule has 1 aliphatic heterocycles. The lowest BCUT2D eigenvalue weighted by atomic mass is 9.97. The summed E-state index contributed by atoms with van der Waals surface area (Å²) in [6.07, 6.45) is 1.19. The summed E-state index contributed by atoms with van der Waals surface area (Å²) in [7, 11) is 0. The second-order valence-corrected chi connectivity index (χ2v) is 5.42. The highest BCUT2D eigenvalue weighted by Gasteiger charge is 2.35. The number of ether oxygens (including phenoxy) is 1. The van der Waals surface area contributed by atoms with Gasteiger partial charge in [0.1, 0.15) is 0 Å². The van der Waals surface area contributed by atoms with Gasteiger partial charge in [-0.25, -0.2) is 4.79 Å². The monoisotopic (exact) mass is 311 g/mol. The minimum Gasteiger partial charge on any atom is -0.479 e. The fourth-order valence-electron chi connectivity index (χ4n) is 2.58. The predicted octanol–water partition coefficient (Wildman–Crippen LogP) is 2.40. The first kappa shape index (κ1) is 15.8. The molecule has 0 aromatic heterocycles. The normalized spacial score (nSPS) is 22.8. The lowest BCUT2D eigenvalue weighted by Crippen LogP contribution is -2.40. The van der Waals surface area contributed by atoms with Crippen molar-refractivity contribution in [3.8, 4) is 0 Å². The third kappa shape index (κ3) is 3.54. The standard InChI is InChI=1S/C15H18ClNO4/c1-2-12-10(7-8-21-12)14(18)17-13(15(19)20)9-5-3-4-6-11(9)16/h3-6,10,12-13H,2,7-8H2,1H3,(H,17,18)(H,19,20)/t10?,12?,13-/m1/s1. The largest absolute Gasteiger partial charge is 0.479 e. The molecule has 0 radical (unpaired) electrons. The minimum absolute atomic E-state index is 0.148. The Morgan fingerprint density at radius 1 is 1.48 bits per heavy atom. The number of carbonyl (C=O) groups is 2. The van der Waals surface area contributed by atoms with Crippen LogP contribution in [0.3, 0.4) is 0 Å². The Hall–Kier alpha value is -1.59. The third-order valence-electron chi connectivity index (χ3n) is 3.70. The van der Waals surface area contributed by atoms with Crippen LogP contribution in [-0.4, -0.2) is 29.7 Å². The Balaban J connectivity index is 2.16. The van der Waals surface area contributed by atoms with Crippen LogP contribution in [0, 0.1) is 5.92 Å². The van der Waals surface area contributed by atoms with Crippen LogP contribution in [0.25, 0.3) is 0 Å². The number of benzene rings is 1. The minimum atomic E-state index is -1.15. The van der Waals surface area contributed by atoms with E-state index in [1.807, 2.05) is 6.92 Å². The van der Waals surface area contributed by atoms with Gasteiger partial charge in [0.2, 0.25) is 5.91 Å². The summed E-state index contributed by atoms with van der Waals surface area (Å²) in [6.45, 7) is 2.47. The second kappa shape index (κ2) is 6.91. The molecule has 1 aliphatic rings. The van der Waals surface area contributed by atoms with E-state index < -0.39 is 12.0 Å². The molecule has 21 heavy (non-hydrogen) atoms. The Morgan fingerprint density at radius 3 is 2.81 bits per heavy atom. The summed E-state index contributed by atoms with van der Waals surface area (Å²) in [5, 5.41) is 12.3. The van der Waals surface area contributed by atoms with Gasteiger partial charge in [-0.2, -0.15) is 0 Å². The molecule has 114 valence electrons. The van der Waals surface area contributed by atoms with E-state index >= 15 is 0 Å². The van der Waals surface area contributed by atoms with E-state index in [0.717, 1.165) is 6.42 Å². The number of rotatable bonds is 5. The van der Waals surface area contributed by atoms with Crippen LogP contribution in [-0.2, 0) is 14.3 Å². The molecule has 6 heteroatoms. The van der Waals surface area contributed by atoms with E-state index in [1.54, 1.807) is 24.3 Å². The maximum atomic E-state index is 12.3. The molecule has 2 N–H and O–H groups in total. The van der Waals surface area contributed by atoms with Crippen molar-refractivity contribution < 1.29 is 19.4 Å². The summed E-state index contributed by atoms with van der Waals surface area (Å²) >= 11 is 6.02. The molecule has 1 aromatic carbocycles. The first-order valence-electron chi connectivity index (χ1n) is 6.93. The van der Waals surface area contributed by atoms with E-state index in [9.17, 15) is 14.7 Å². The maximum Gasteiger partial charge on any atom is 0.330 e. The van der Waals surface area contributed by atoms with Crippen molar-refractivity contribution in [3.63, 3.8) is 0 Å². The fourth-order valence-corrected chi connectivity index (χ4v) is 2.83. The number of hydrogen-bond acceptors (Lipinski definition) is 3. The predicted molar refractivity (Wildman–Crippen MR) is 78.1 cm³/mol. The Morgan fingerprint density at radius 2 is 2.19 bits per heavy atom. The van der Waals surface area contributed by atoms with Gasteiger partial charge in [-0.15, -0.1) is 0 Å². The van der Waals surface area contributed by atoms with Crippen molar-refractivity contribution in [1.29, 1.82) is 0 Å². The van der Waals surface area contributed by atoms with Gasteiger partial charge in [-0.3, -0.25) is 4.79 Å². The van der Waals surface area contributed by atoms with Crippen molar-refractivity contribution >= 4 is 23.5 Å². The molecule has 0 aliphatic carbocycles. The summed E-state index contributed by atoms with van der Waals surface area (Å²) < 4.78 is 5.47. The quantitative estimate of drug-likeness (QED) is 0.875. The Labute approximate surface area is 128 Å². The van der Waals surface area contributed by atoms with E-state index in [-0.39, 0.29) is 17.9 Å². The molecule has 2 rings (SSSR count). The summed E-state index contributed by atoms with van der Waals surface area (Å²) in [5.41, 5.74) is 0.381. The zero-order valence-corrected chi connectivity index (χ0v) is 12.5. The van der Waals surface area contributed by atoms with Crippen LogP contribution >= 0.6 is 11.6 Å². The SMILES string of the molecule is CCC1OCCC1C(=O)N[C@@H](C(=O)O)c1ccccc1Cl. The molecule has 3 atom stereocenters. The first-order chi connectivity index (χ1) is 10.0. The zero-order chi connectivity index (χ0) is 15.4. The van der Waals surface area contributed by atoms with Gasteiger partial charge >= 0.3 is 5.97 Å². The van der Waals surface area contributed by atoms with Crippen LogP contribution < -0.4 is 5.32 Å². The molecular formula is C15H18ClNO4. The number of nitrogens with one attached hydrogen (secondary N) is 1. The number of amides is 1. The van der Waals surface area contributed by atoms with E-state index in [2.05, 4.69) is 5.32 Å². The molecule has 1 aromatic rings. The lowest BCUT2D eigenvalue weighted by Gasteiger charge is -2.21. The van der Waals surface area contributed by atoms with Gasteiger partial charge in [0.05, 0.1) is 12.0 Å². The van der Waals surface area contributed by atoms with Gasteiger partial charge in [-0.05, 0) is 18.9 Å². The van der Waals surface area contributed by atoms with Crippen LogP contribution in [0.2, 0.25) is 5.02 Å². The molecule has 0 bridgehead atoms. The number of carboxylic acids is 1. The lowest BCUT2D eigenvalue weighted by molar-refractivity contribution is -0.143. The topological polar surface area (TPSA) is 75.6 Å². The highest BCUT2D eigenvalue weighted by Crippen LogP contribution is 2.27. The van der Waals surface area contributed by atoms with E-state index in [0.29, 0.717) is 23.6 Å². The molecular weight excluding hydrogens is 294 g/mol. The Bertz CT molecular complexity index is 534. The summed E-state index contributed by atoms with van der Waals surface area (Å²) in [6, 6.07) is 5.46. The van der Waals surface area contributed by atoms with Crippen LogP contribution in [0.15, 0.2) is 24.3 Å². The Kier molecular flexibility index (Phi) is 5.20. The number of halogens is 1. The fraction of sp³-hybridized carbons (Fsp3) is 0.467. The van der Waals surface area contributed by atoms with Crippen molar-refractivity contribution in [2.75, 3.05) is 6.61 Å². The third-order valence-corrected chi connectivity index (χ3v) is 4.04. The average molecular weight is 312 g/mol. The zero-order valence-electron chi connectivity index (χ0n) is 11.7. The van der Waals surface area contributed by atoms with Gasteiger partial charge < -0.3 is 15.2 Å². The maximum absolute atomic E-state index is 12.3. The number of hydrogen-bond donors (Lipinski definition) is 2. The van der Waals surface area contributed by atoms with Gasteiger partial charge in [0.25, 0.3) is 0 Å². The second-order valence-electron chi connectivity index (χ2n) is 5.01. The molecule has 1 fully saturated rings. The summed E-state index contributed by atoms with van der Waals surface area (Å²) in [4.78, 5) is 23.8. The first-order valence-corrected chi connectivity index (χ1v) is 7.31. The van der Waals surface area contributed by atoms with Crippen molar-refractivity contribution in [1.82, 2.24) is 5.32 Å². The van der Waals surface area contributed by atoms with Gasteiger partial charge in [0, 0.05) is 17.2 Å². The number of carboxylic acid groups (broad SMARTS) is 1. The van der Waals surface area contributed by atoms with E-state index in [1.165, 1.54) is 0 Å². The molecule has 0 saturated carbocycles. The van der Waals surface area contributed by atoms with Crippen LogP contribution in [0.5, 0.6) is 0 Å².